The highest BCUT2D eigenvalue weighted by atomic mass is 35.5. The van der Waals surface area contributed by atoms with E-state index >= 15 is 0 Å². The Morgan fingerprint density at radius 1 is 1.44 bits per heavy atom. The molecule has 1 saturated carbocycles. The molecule has 2 atom stereocenters. The average Bonchev–Trinajstić information content (AvgIpc) is 2.68. The van der Waals surface area contributed by atoms with Gasteiger partial charge in [0.05, 0.1) is 15.8 Å². The Morgan fingerprint density at radius 2 is 2.19 bits per heavy atom. The van der Waals surface area contributed by atoms with Crippen LogP contribution in [0.4, 0.5) is 4.39 Å². The van der Waals surface area contributed by atoms with Gasteiger partial charge in [0.15, 0.2) is 0 Å². The number of halogens is 2. The lowest BCUT2D eigenvalue weighted by Crippen LogP contribution is -2.11. The van der Waals surface area contributed by atoms with Crippen LogP contribution in [0.1, 0.15) is 19.3 Å². The number of carbonyl (C=O) groups excluding carboxylic acids is 1. The first kappa shape index (κ1) is 11.7. The topological polar surface area (TPSA) is 34.1 Å². The minimum Gasteiger partial charge on any atom is -0.300 e. The zero-order valence-electron chi connectivity index (χ0n) is 8.41. The molecule has 1 aromatic carbocycles. The van der Waals surface area contributed by atoms with Gasteiger partial charge in [0.25, 0.3) is 0 Å². The molecular weight excluding hydrogens is 251 g/mol. The summed E-state index contributed by atoms with van der Waals surface area (Å²) in [4.78, 5) is 11.6. The quantitative estimate of drug-likeness (QED) is 0.819. The van der Waals surface area contributed by atoms with Crippen LogP contribution < -0.4 is 0 Å². The molecule has 16 heavy (non-hydrogen) atoms. The molecule has 0 radical (unpaired) electrons. The molecule has 0 spiro atoms. The van der Waals surface area contributed by atoms with Crippen LogP contribution >= 0.6 is 11.6 Å². The third kappa shape index (κ3) is 2.33. The second-order valence-corrected chi connectivity index (χ2v) is 5.92. The van der Waals surface area contributed by atoms with Crippen molar-refractivity contribution in [1.82, 2.24) is 0 Å². The lowest BCUT2D eigenvalue weighted by atomic mass is 10.3. The highest BCUT2D eigenvalue weighted by Crippen LogP contribution is 2.26. The summed E-state index contributed by atoms with van der Waals surface area (Å²) in [6.45, 7) is 0. The van der Waals surface area contributed by atoms with Gasteiger partial charge < -0.3 is 0 Å². The Kier molecular flexibility index (Phi) is 3.40. The molecular formula is C11H10ClFO2S. The Balaban J connectivity index is 2.21. The smallest absolute Gasteiger partial charge is 0.141 e. The number of Topliss-reactive ketones (excluding diaryl/α,β-unsaturated/α-hetero) is 1. The van der Waals surface area contributed by atoms with E-state index < -0.39 is 16.6 Å². The van der Waals surface area contributed by atoms with E-state index in [1.54, 1.807) is 0 Å². The van der Waals surface area contributed by atoms with Gasteiger partial charge in [-0.3, -0.25) is 9.00 Å². The maximum Gasteiger partial charge on any atom is 0.141 e. The van der Waals surface area contributed by atoms with Crippen LogP contribution in [0.5, 0.6) is 0 Å². The summed E-state index contributed by atoms with van der Waals surface area (Å²) < 4.78 is 25.0. The van der Waals surface area contributed by atoms with E-state index in [9.17, 15) is 13.4 Å². The second-order valence-electron chi connectivity index (χ2n) is 3.78. The number of rotatable bonds is 2. The van der Waals surface area contributed by atoms with Crippen molar-refractivity contribution in [2.75, 3.05) is 0 Å². The van der Waals surface area contributed by atoms with Crippen molar-refractivity contribution in [3.8, 4) is 0 Å². The van der Waals surface area contributed by atoms with Crippen molar-refractivity contribution in [3.63, 3.8) is 0 Å². The predicted octanol–water partition coefficient (Wildman–Crippen LogP) is 2.71. The molecule has 0 aromatic heterocycles. The molecule has 2 unspecified atom stereocenters. The number of hydrogen-bond donors (Lipinski definition) is 0. The largest absolute Gasteiger partial charge is 0.300 e. The summed E-state index contributed by atoms with van der Waals surface area (Å²) in [5.41, 5.74) is 0. The zero-order valence-corrected chi connectivity index (χ0v) is 9.98. The number of carbonyl (C=O) groups is 1. The molecule has 86 valence electrons. The molecule has 1 aromatic rings. The summed E-state index contributed by atoms with van der Waals surface area (Å²) in [7, 11) is -1.27. The van der Waals surface area contributed by atoms with Crippen LogP contribution in [-0.4, -0.2) is 15.2 Å². The molecule has 5 heteroatoms. The van der Waals surface area contributed by atoms with Gasteiger partial charge in [0.1, 0.15) is 11.6 Å². The lowest BCUT2D eigenvalue weighted by molar-refractivity contribution is -0.117. The Hall–Kier alpha value is -0.740. The molecule has 2 nitrogen and oxygen atoms in total. The van der Waals surface area contributed by atoms with E-state index in [0.29, 0.717) is 24.2 Å². The summed E-state index contributed by atoms with van der Waals surface area (Å²) in [6, 6.07) is 4.03. The Bertz CT molecular complexity index is 461. The average molecular weight is 261 g/mol. The van der Waals surface area contributed by atoms with Crippen LogP contribution in [0.15, 0.2) is 23.1 Å². The first-order valence-corrected chi connectivity index (χ1v) is 6.54. The summed E-state index contributed by atoms with van der Waals surface area (Å²) >= 11 is 5.62. The van der Waals surface area contributed by atoms with Gasteiger partial charge in [-0.05, 0) is 24.6 Å². The van der Waals surface area contributed by atoms with Crippen molar-refractivity contribution in [1.29, 1.82) is 0 Å². The monoisotopic (exact) mass is 260 g/mol. The molecule has 1 aliphatic rings. The van der Waals surface area contributed by atoms with Gasteiger partial charge in [-0.1, -0.05) is 11.6 Å². The van der Waals surface area contributed by atoms with E-state index in [0.717, 1.165) is 0 Å². The zero-order chi connectivity index (χ0) is 11.7. The Labute approximate surface area is 100 Å². The van der Waals surface area contributed by atoms with E-state index in [1.165, 1.54) is 18.2 Å². The normalized spacial score (nSPS) is 22.4. The molecule has 0 bridgehead atoms. The van der Waals surface area contributed by atoms with Gasteiger partial charge in [0.2, 0.25) is 0 Å². The molecule has 0 aliphatic heterocycles. The third-order valence-electron chi connectivity index (χ3n) is 2.63. The van der Waals surface area contributed by atoms with Crippen molar-refractivity contribution in [2.45, 2.75) is 29.4 Å². The van der Waals surface area contributed by atoms with Crippen molar-refractivity contribution in [2.24, 2.45) is 0 Å². The highest BCUT2D eigenvalue weighted by molar-refractivity contribution is 7.85. The maximum absolute atomic E-state index is 12.9. The number of benzene rings is 1. The molecule has 0 amide bonds. The number of hydrogen-bond acceptors (Lipinski definition) is 2. The minimum atomic E-state index is -1.27. The predicted molar refractivity (Wildman–Crippen MR) is 60.5 cm³/mol. The van der Waals surface area contributed by atoms with Crippen molar-refractivity contribution < 1.29 is 13.4 Å². The van der Waals surface area contributed by atoms with Crippen LogP contribution in [-0.2, 0) is 15.6 Å². The fourth-order valence-electron chi connectivity index (χ4n) is 1.76. The van der Waals surface area contributed by atoms with Crippen molar-refractivity contribution >= 4 is 28.2 Å². The first-order chi connectivity index (χ1) is 7.58. The molecule has 0 N–H and O–H groups in total. The molecule has 0 heterocycles. The van der Waals surface area contributed by atoms with Crippen LogP contribution in [0, 0.1) is 5.82 Å². The standard InChI is InChI=1S/C11H10ClFO2S/c12-10-6-9(3-4-11(10)13)16(15)8-2-1-7(14)5-8/h3-4,6,8H,1-2,5H2. The van der Waals surface area contributed by atoms with E-state index in [2.05, 4.69) is 0 Å². The van der Waals surface area contributed by atoms with E-state index in [4.69, 9.17) is 11.6 Å². The first-order valence-electron chi connectivity index (χ1n) is 4.95. The molecule has 2 rings (SSSR count). The summed E-state index contributed by atoms with van der Waals surface area (Å²) in [5, 5.41) is -0.177. The maximum atomic E-state index is 12.9. The fraction of sp³-hybridized carbons (Fsp3) is 0.364. The van der Waals surface area contributed by atoms with Crippen LogP contribution in [0.3, 0.4) is 0 Å². The van der Waals surface area contributed by atoms with Gasteiger partial charge in [-0.2, -0.15) is 0 Å². The summed E-state index contributed by atoms with van der Waals surface area (Å²) in [6.07, 6.45) is 1.48. The third-order valence-corrected chi connectivity index (χ3v) is 4.64. The summed E-state index contributed by atoms with van der Waals surface area (Å²) in [5.74, 6) is -0.378. The van der Waals surface area contributed by atoms with E-state index in [-0.39, 0.29) is 16.1 Å². The van der Waals surface area contributed by atoms with E-state index in [1.807, 2.05) is 0 Å². The van der Waals surface area contributed by atoms with Gasteiger partial charge in [0, 0.05) is 23.0 Å². The molecule has 0 saturated heterocycles. The van der Waals surface area contributed by atoms with Crippen molar-refractivity contribution in [3.05, 3.63) is 29.0 Å². The number of ketones is 1. The molecule has 1 fully saturated rings. The Morgan fingerprint density at radius 3 is 2.75 bits per heavy atom. The van der Waals surface area contributed by atoms with Crippen LogP contribution in [0.25, 0.3) is 0 Å². The van der Waals surface area contributed by atoms with Gasteiger partial charge in [-0.25, -0.2) is 4.39 Å². The highest BCUT2D eigenvalue weighted by Gasteiger charge is 2.28. The minimum absolute atomic E-state index is 0.0322. The fourth-order valence-corrected chi connectivity index (χ4v) is 3.49. The lowest BCUT2D eigenvalue weighted by Gasteiger charge is -2.08. The van der Waals surface area contributed by atoms with Gasteiger partial charge >= 0.3 is 0 Å². The van der Waals surface area contributed by atoms with Crippen LogP contribution in [0.2, 0.25) is 5.02 Å². The van der Waals surface area contributed by atoms with Gasteiger partial charge in [-0.15, -0.1) is 0 Å². The SMILES string of the molecule is O=C1CCC(S(=O)c2ccc(F)c(Cl)c2)C1. The second kappa shape index (κ2) is 4.63. The molecule has 1 aliphatic carbocycles.